The van der Waals surface area contributed by atoms with Gasteiger partial charge >= 0.3 is 0 Å². The first kappa shape index (κ1) is 17.7. The van der Waals surface area contributed by atoms with Crippen LogP contribution in [0.3, 0.4) is 0 Å². The zero-order valence-electron chi connectivity index (χ0n) is 15.0. The smallest absolute Gasteiger partial charge is 0.251 e. The first-order valence-corrected chi connectivity index (χ1v) is 8.93. The van der Waals surface area contributed by atoms with Gasteiger partial charge < -0.3 is 20.0 Å². The maximum absolute atomic E-state index is 12.4. The molecule has 0 spiro atoms. The van der Waals surface area contributed by atoms with Crippen LogP contribution in [0, 0.1) is 5.92 Å². The van der Waals surface area contributed by atoms with E-state index < -0.39 is 0 Å². The fourth-order valence-electron chi connectivity index (χ4n) is 2.93. The number of nitrogens with zero attached hydrogens (tertiary/aromatic N) is 3. The first-order valence-electron chi connectivity index (χ1n) is 8.93. The maximum Gasteiger partial charge on any atom is 0.251 e. The summed E-state index contributed by atoms with van der Waals surface area (Å²) in [5, 5.41) is 13.6. The van der Waals surface area contributed by atoms with Gasteiger partial charge in [-0.25, -0.2) is 0 Å². The largest absolute Gasteiger partial charge is 0.467 e. The molecule has 1 saturated heterocycles. The van der Waals surface area contributed by atoms with Crippen molar-refractivity contribution in [2.24, 2.45) is 5.92 Å². The van der Waals surface area contributed by atoms with Gasteiger partial charge in [0, 0.05) is 30.5 Å². The Balaban J connectivity index is 1.26. The highest BCUT2D eigenvalue weighted by Gasteiger charge is 2.33. The highest BCUT2D eigenvalue weighted by atomic mass is 16.3. The van der Waals surface area contributed by atoms with Gasteiger partial charge in [0.25, 0.3) is 5.91 Å². The molecule has 0 unspecified atom stereocenters. The average Bonchev–Trinajstić information content (AvgIpc) is 3.20. The summed E-state index contributed by atoms with van der Waals surface area (Å²) < 4.78 is 5.18. The molecule has 0 atom stereocenters. The Hall–Kier alpha value is -3.68. The summed E-state index contributed by atoms with van der Waals surface area (Å²) in [6.45, 7) is 1.55. The Morgan fingerprint density at radius 2 is 1.93 bits per heavy atom. The molecule has 8 heteroatoms. The minimum atomic E-state index is -0.201. The molecular formula is C20H19N5O3. The molecule has 2 aromatic heterocycles. The van der Waals surface area contributed by atoms with Crippen LogP contribution < -0.4 is 15.5 Å². The molecule has 1 aliphatic heterocycles. The Morgan fingerprint density at radius 1 is 1.11 bits per heavy atom. The van der Waals surface area contributed by atoms with Crippen LogP contribution >= 0.6 is 0 Å². The number of hydrogen-bond donors (Lipinski definition) is 2. The van der Waals surface area contributed by atoms with E-state index in [4.69, 9.17) is 4.42 Å². The lowest BCUT2D eigenvalue weighted by Gasteiger charge is -2.38. The summed E-state index contributed by atoms with van der Waals surface area (Å²) >= 11 is 0. The minimum absolute atomic E-state index is 0.0461. The summed E-state index contributed by atoms with van der Waals surface area (Å²) in [6.07, 6.45) is 3.18. The Labute approximate surface area is 161 Å². The van der Waals surface area contributed by atoms with Gasteiger partial charge in [-0.05, 0) is 48.5 Å². The second kappa shape index (κ2) is 7.91. The normalized spacial score (nSPS) is 13.6. The zero-order valence-corrected chi connectivity index (χ0v) is 15.0. The molecule has 1 fully saturated rings. The Kier molecular flexibility index (Phi) is 5.01. The summed E-state index contributed by atoms with van der Waals surface area (Å²) in [6, 6.07) is 14.1. The van der Waals surface area contributed by atoms with E-state index in [1.165, 1.54) is 0 Å². The van der Waals surface area contributed by atoms with Crippen LogP contribution in [0.1, 0.15) is 16.1 Å². The van der Waals surface area contributed by atoms with Crippen molar-refractivity contribution in [3.05, 3.63) is 72.3 Å². The van der Waals surface area contributed by atoms with E-state index in [9.17, 15) is 9.59 Å². The zero-order chi connectivity index (χ0) is 19.3. The number of hydrogen-bond acceptors (Lipinski definition) is 6. The fraction of sp³-hybridized carbons (Fsp3) is 0.200. The first-order chi connectivity index (χ1) is 13.7. The molecule has 28 heavy (non-hydrogen) atoms. The van der Waals surface area contributed by atoms with Gasteiger partial charge in [-0.1, -0.05) is 0 Å². The van der Waals surface area contributed by atoms with E-state index in [0.717, 1.165) is 5.82 Å². The molecule has 1 aliphatic rings. The van der Waals surface area contributed by atoms with Crippen molar-refractivity contribution in [1.82, 2.24) is 15.5 Å². The van der Waals surface area contributed by atoms with Gasteiger partial charge in [0.15, 0.2) is 5.82 Å². The second-order valence-electron chi connectivity index (χ2n) is 6.51. The molecule has 2 amide bonds. The topological polar surface area (TPSA) is 100 Å². The van der Waals surface area contributed by atoms with Crippen LogP contribution in [0.15, 0.2) is 65.4 Å². The molecule has 1 aromatic carbocycles. The number of aromatic nitrogens is 2. The van der Waals surface area contributed by atoms with E-state index in [1.807, 2.05) is 17.0 Å². The van der Waals surface area contributed by atoms with Crippen LogP contribution in [-0.4, -0.2) is 35.1 Å². The molecule has 0 saturated carbocycles. The summed E-state index contributed by atoms with van der Waals surface area (Å²) in [5.41, 5.74) is 1.17. The van der Waals surface area contributed by atoms with Gasteiger partial charge in [0.1, 0.15) is 5.76 Å². The summed E-state index contributed by atoms with van der Waals surface area (Å²) in [7, 11) is 0. The van der Waals surface area contributed by atoms with E-state index in [2.05, 4.69) is 20.8 Å². The summed E-state index contributed by atoms with van der Waals surface area (Å²) in [5.74, 6) is 1.12. The van der Waals surface area contributed by atoms with E-state index >= 15 is 0 Å². The predicted octanol–water partition coefficient (Wildman–Crippen LogP) is 2.07. The van der Waals surface area contributed by atoms with Crippen molar-refractivity contribution in [2.75, 3.05) is 23.3 Å². The van der Waals surface area contributed by atoms with Crippen LogP contribution in [-0.2, 0) is 11.3 Å². The van der Waals surface area contributed by atoms with Crippen LogP contribution in [0.5, 0.6) is 0 Å². The lowest BCUT2D eigenvalue weighted by Crippen LogP contribution is -2.52. The third kappa shape index (κ3) is 4.01. The molecule has 3 aromatic rings. The number of nitrogens with one attached hydrogen (secondary N) is 2. The van der Waals surface area contributed by atoms with Gasteiger partial charge in [0.2, 0.25) is 5.91 Å². The highest BCUT2D eigenvalue weighted by molar-refractivity contribution is 5.96. The van der Waals surface area contributed by atoms with Gasteiger partial charge in [0.05, 0.1) is 18.7 Å². The minimum Gasteiger partial charge on any atom is -0.467 e. The van der Waals surface area contributed by atoms with Crippen molar-refractivity contribution >= 4 is 23.3 Å². The number of rotatable bonds is 6. The molecular weight excluding hydrogens is 358 g/mol. The Bertz CT molecular complexity index is 936. The third-order valence-electron chi connectivity index (χ3n) is 4.55. The number of amides is 2. The van der Waals surface area contributed by atoms with Crippen molar-refractivity contribution < 1.29 is 14.0 Å². The monoisotopic (exact) mass is 377 g/mol. The lowest BCUT2D eigenvalue weighted by molar-refractivity contribution is -0.120. The quantitative estimate of drug-likeness (QED) is 0.682. The maximum atomic E-state index is 12.4. The predicted molar refractivity (Wildman–Crippen MR) is 103 cm³/mol. The van der Waals surface area contributed by atoms with E-state index in [-0.39, 0.29) is 17.7 Å². The van der Waals surface area contributed by atoms with Crippen molar-refractivity contribution in [3.63, 3.8) is 0 Å². The molecule has 4 rings (SSSR count). The lowest BCUT2D eigenvalue weighted by atomic mass is 9.99. The molecule has 8 nitrogen and oxygen atoms in total. The van der Waals surface area contributed by atoms with Crippen LogP contribution in [0.4, 0.5) is 11.5 Å². The second-order valence-corrected chi connectivity index (χ2v) is 6.51. The van der Waals surface area contributed by atoms with E-state index in [1.54, 1.807) is 48.9 Å². The molecule has 142 valence electrons. The van der Waals surface area contributed by atoms with Crippen molar-refractivity contribution in [2.45, 2.75) is 6.54 Å². The van der Waals surface area contributed by atoms with Crippen LogP contribution in [0.25, 0.3) is 0 Å². The summed E-state index contributed by atoms with van der Waals surface area (Å²) in [4.78, 5) is 26.5. The molecule has 0 aliphatic carbocycles. The van der Waals surface area contributed by atoms with Crippen molar-refractivity contribution in [3.8, 4) is 0 Å². The van der Waals surface area contributed by atoms with Crippen molar-refractivity contribution in [1.29, 1.82) is 0 Å². The highest BCUT2D eigenvalue weighted by Crippen LogP contribution is 2.23. The third-order valence-corrected chi connectivity index (χ3v) is 4.55. The number of carbonyl (C=O) groups is 2. The van der Waals surface area contributed by atoms with E-state index in [0.29, 0.717) is 36.6 Å². The number of anilines is 2. The molecule has 2 N–H and O–H groups in total. The number of furan rings is 1. The van der Waals surface area contributed by atoms with Crippen LogP contribution in [0.2, 0.25) is 0 Å². The van der Waals surface area contributed by atoms with Gasteiger partial charge in [-0.3, -0.25) is 9.59 Å². The fourth-order valence-corrected chi connectivity index (χ4v) is 2.93. The van der Waals surface area contributed by atoms with Gasteiger partial charge in [-0.15, -0.1) is 5.10 Å². The number of benzene rings is 1. The molecule has 0 bridgehead atoms. The standard InChI is InChI=1S/C20H19N5O3/c26-19(21-11-17-3-2-10-28-17)14-5-7-16(8-6-14)23-20(27)15-12-25(13-15)18-4-1-9-22-24-18/h1-10,15H,11-13H2,(H,21,26)(H,23,27). The Morgan fingerprint density at radius 3 is 2.61 bits per heavy atom. The average molecular weight is 377 g/mol. The molecule has 3 heterocycles. The number of carbonyl (C=O) groups excluding carboxylic acids is 2. The SMILES string of the molecule is O=C(NCc1ccco1)c1ccc(NC(=O)C2CN(c3cccnn3)C2)cc1. The molecule has 0 radical (unpaired) electrons. The van der Waals surface area contributed by atoms with Gasteiger partial charge in [-0.2, -0.15) is 5.10 Å².